The van der Waals surface area contributed by atoms with Crippen LogP contribution in [0, 0.1) is 11.3 Å². The highest BCUT2D eigenvalue weighted by molar-refractivity contribution is 7.99. The molecule has 1 aromatic carbocycles. The molecule has 1 amide bonds. The number of ether oxygens (including phenoxy) is 1. The van der Waals surface area contributed by atoms with E-state index in [4.69, 9.17) is 4.74 Å². The van der Waals surface area contributed by atoms with Crippen molar-refractivity contribution in [2.45, 2.75) is 49.7 Å². The zero-order chi connectivity index (χ0) is 22.4. The molecule has 3 rings (SSSR count). The third kappa shape index (κ3) is 5.70. The van der Waals surface area contributed by atoms with Gasteiger partial charge in [-0.1, -0.05) is 6.07 Å². The van der Waals surface area contributed by atoms with Crippen molar-refractivity contribution in [1.29, 1.82) is 5.26 Å². The van der Waals surface area contributed by atoms with Crippen molar-refractivity contribution in [3.8, 4) is 11.8 Å². The number of fused-ring (bicyclic) bond motifs is 1. The molecule has 0 saturated heterocycles. The van der Waals surface area contributed by atoms with E-state index in [2.05, 4.69) is 10.3 Å². The minimum atomic E-state index is -4.60. The molecule has 1 N–H and O–H groups in total. The summed E-state index contributed by atoms with van der Waals surface area (Å²) in [6, 6.07) is 8.68. The number of hydrogen-bond donors (Lipinski definition) is 1. The second-order valence-electron chi connectivity index (χ2n) is 7.14. The number of nitrogens with one attached hydrogen (secondary N) is 1. The predicted molar refractivity (Wildman–Crippen MR) is 112 cm³/mol. The topological polar surface area (TPSA) is 75.0 Å². The maximum Gasteiger partial charge on any atom is 0.418 e. The molecule has 0 saturated carbocycles. The van der Waals surface area contributed by atoms with E-state index in [1.165, 1.54) is 7.11 Å². The molecule has 5 nitrogen and oxygen atoms in total. The van der Waals surface area contributed by atoms with Crippen LogP contribution in [-0.2, 0) is 23.8 Å². The van der Waals surface area contributed by atoms with Crippen LogP contribution >= 0.6 is 11.8 Å². The quantitative estimate of drug-likeness (QED) is 0.454. The van der Waals surface area contributed by atoms with Gasteiger partial charge in [-0.15, -0.1) is 11.8 Å². The largest absolute Gasteiger partial charge is 0.497 e. The number of nitrogens with zero attached hydrogens (tertiary/aromatic N) is 2. The van der Waals surface area contributed by atoms with Crippen molar-refractivity contribution < 1.29 is 22.7 Å². The molecule has 31 heavy (non-hydrogen) atoms. The molecule has 0 aliphatic heterocycles. The zero-order valence-corrected chi connectivity index (χ0v) is 17.8. The number of amides is 1. The van der Waals surface area contributed by atoms with E-state index in [1.54, 1.807) is 30.3 Å². The predicted octanol–water partition coefficient (Wildman–Crippen LogP) is 5.37. The maximum absolute atomic E-state index is 13.7. The number of aromatic nitrogens is 1. The van der Waals surface area contributed by atoms with Gasteiger partial charge in [-0.2, -0.15) is 18.4 Å². The lowest BCUT2D eigenvalue weighted by Gasteiger charge is -2.22. The molecule has 1 heterocycles. The van der Waals surface area contributed by atoms with E-state index in [0.717, 1.165) is 18.2 Å². The lowest BCUT2D eigenvalue weighted by Crippen LogP contribution is -2.19. The summed E-state index contributed by atoms with van der Waals surface area (Å²) in [6.07, 6.45) is -1.73. The maximum atomic E-state index is 13.7. The van der Waals surface area contributed by atoms with Gasteiger partial charge in [-0.05, 0) is 49.8 Å². The van der Waals surface area contributed by atoms with Gasteiger partial charge in [0.25, 0.3) is 0 Å². The number of aryl methyl sites for hydroxylation is 1. The number of methoxy groups -OCH3 is 1. The summed E-state index contributed by atoms with van der Waals surface area (Å²) in [5, 5.41) is 12.3. The first-order valence-electron chi connectivity index (χ1n) is 9.93. The van der Waals surface area contributed by atoms with Crippen molar-refractivity contribution in [2.24, 2.45) is 0 Å². The first-order valence-corrected chi connectivity index (χ1v) is 10.9. The Morgan fingerprint density at radius 1 is 1.32 bits per heavy atom. The van der Waals surface area contributed by atoms with Gasteiger partial charge >= 0.3 is 6.18 Å². The minimum absolute atomic E-state index is 0.101. The summed E-state index contributed by atoms with van der Waals surface area (Å²) in [4.78, 5) is 16.5. The molecule has 9 heteroatoms. The Bertz CT molecular complexity index is 1000. The average molecular weight is 449 g/mol. The highest BCUT2D eigenvalue weighted by atomic mass is 32.2. The third-order valence-corrected chi connectivity index (χ3v) is 6.04. The van der Waals surface area contributed by atoms with Crippen LogP contribution in [0.4, 0.5) is 18.9 Å². The van der Waals surface area contributed by atoms with Gasteiger partial charge < -0.3 is 10.1 Å². The number of carbonyl (C=O) groups excluding carboxylic acids is 1. The van der Waals surface area contributed by atoms with E-state index in [0.29, 0.717) is 48.6 Å². The summed E-state index contributed by atoms with van der Waals surface area (Å²) >= 11 is 1.10. The van der Waals surface area contributed by atoms with Crippen molar-refractivity contribution in [2.75, 3.05) is 18.2 Å². The van der Waals surface area contributed by atoms with Crippen LogP contribution in [0.25, 0.3) is 0 Å². The van der Waals surface area contributed by atoms with Crippen molar-refractivity contribution in [1.82, 2.24) is 4.98 Å². The van der Waals surface area contributed by atoms with Gasteiger partial charge in [0.05, 0.1) is 18.2 Å². The lowest BCUT2D eigenvalue weighted by atomic mass is 9.90. The first kappa shape index (κ1) is 22.9. The number of benzene rings is 1. The number of nitriles is 1. The Balaban J connectivity index is 1.65. The van der Waals surface area contributed by atoms with Gasteiger partial charge in [0.15, 0.2) is 0 Å². The first-order chi connectivity index (χ1) is 14.8. The van der Waals surface area contributed by atoms with E-state index in [1.807, 2.05) is 0 Å². The second-order valence-corrected chi connectivity index (χ2v) is 8.22. The Hall–Kier alpha value is -2.73. The van der Waals surface area contributed by atoms with Crippen LogP contribution in [0.2, 0.25) is 0 Å². The molecule has 2 aromatic rings. The number of anilines is 1. The van der Waals surface area contributed by atoms with Crippen LogP contribution < -0.4 is 10.1 Å². The van der Waals surface area contributed by atoms with E-state index >= 15 is 0 Å². The molecular formula is C22H22F3N3O2S. The van der Waals surface area contributed by atoms with Gasteiger partial charge in [-0.25, -0.2) is 4.98 Å². The molecule has 0 spiro atoms. The van der Waals surface area contributed by atoms with Crippen molar-refractivity contribution in [3.05, 3.63) is 46.6 Å². The minimum Gasteiger partial charge on any atom is -0.497 e. The van der Waals surface area contributed by atoms with Crippen molar-refractivity contribution >= 4 is 23.4 Å². The number of thioether (sulfide) groups is 1. The van der Waals surface area contributed by atoms with Crippen molar-refractivity contribution in [3.63, 3.8) is 0 Å². The molecular weight excluding hydrogens is 427 g/mol. The van der Waals surface area contributed by atoms with Crippen LogP contribution in [0.1, 0.15) is 48.1 Å². The summed E-state index contributed by atoms with van der Waals surface area (Å²) in [5.74, 6) is 0.795. The number of alkyl halides is 3. The smallest absolute Gasteiger partial charge is 0.418 e. The zero-order valence-electron chi connectivity index (χ0n) is 17.0. The van der Waals surface area contributed by atoms with Crippen LogP contribution in [0.5, 0.6) is 5.75 Å². The SMILES string of the molecule is COc1cccc(NC(=O)CCCSc2nc3c(c(C(F)(F)F)c2C#N)CCCC3)c1. The van der Waals surface area contributed by atoms with E-state index in [-0.39, 0.29) is 22.9 Å². The number of carbonyl (C=O) groups is 1. The molecule has 1 aliphatic rings. The number of halogens is 3. The number of rotatable bonds is 7. The molecule has 1 aromatic heterocycles. The van der Waals surface area contributed by atoms with Gasteiger partial charge in [0.2, 0.25) is 5.91 Å². The Morgan fingerprint density at radius 3 is 2.81 bits per heavy atom. The van der Waals surface area contributed by atoms with Gasteiger partial charge in [0, 0.05) is 29.6 Å². The Labute approximate surface area is 183 Å². The molecule has 0 unspecified atom stereocenters. The lowest BCUT2D eigenvalue weighted by molar-refractivity contribution is -0.138. The van der Waals surface area contributed by atoms with E-state index < -0.39 is 17.3 Å². The summed E-state index contributed by atoms with van der Waals surface area (Å²) in [5.41, 5.74) is -0.0277. The molecule has 0 bridgehead atoms. The second kappa shape index (κ2) is 10.1. The highest BCUT2D eigenvalue weighted by Gasteiger charge is 2.39. The van der Waals surface area contributed by atoms with Gasteiger partial charge in [-0.3, -0.25) is 4.79 Å². The highest BCUT2D eigenvalue weighted by Crippen LogP contribution is 2.41. The number of pyridine rings is 1. The van der Waals surface area contributed by atoms with Crippen LogP contribution in [0.15, 0.2) is 29.3 Å². The molecule has 164 valence electrons. The Morgan fingerprint density at radius 2 is 2.10 bits per heavy atom. The normalized spacial score (nSPS) is 13.3. The van der Waals surface area contributed by atoms with Crippen LogP contribution in [0.3, 0.4) is 0 Å². The number of hydrogen-bond acceptors (Lipinski definition) is 5. The molecule has 0 fully saturated rings. The standard InChI is InChI=1S/C22H22F3N3O2S/c1-30-15-7-4-6-14(12-15)27-19(29)10-5-11-31-21-17(13-26)20(22(23,24)25)16-8-2-3-9-18(16)28-21/h4,6-7,12H,2-3,5,8-11H2,1H3,(H,27,29). The Kier molecular flexibility index (Phi) is 7.44. The summed E-state index contributed by atoms with van der Waals surface area (Å²) in [6.45, 7) is 0. The fourth-order valence-corrected chi connectivity index (χ4v) is 4.51. The van der Waals surface area contributed by atoms with Gasteiger partial charge in [0.1, 0.15) is 16.8 Å². The molecule has 1 aliphatic carbocycles. The summed E-state index contributed by atoms with van der Waals surface area (Å²) < 4.78 is 46.2. The third-order valence-electron chi connectivity index (χ3n) is 4.98. The monoisotopic (exact) mass is 449 g/mol. The molecule has 0 atom stereocenters. The van der Waals surface area contributed by atoms with Crippen LogP contribution in [-0.4, -0.2) is 23.8 Å². The molecule has 0 radical (unpaired) electrons. The fraction of sp³-hybridized carbons (Fsp3) is 0.409. The average Bonchev–Trinajstić information content (AvgIpc) is 2.75. The fourth-order valence-electron chi connectivity index (χ4n) is 3.57. The van der Waals surface area contributed by atoms with E-state index in [9.17, 15) is 23.2 Å². The summed E-state index contributed by atoms with van der Waals surface area (Å²) in [7, 11) is 1.53.